The summed E-state index contributed by atoms with van der Waals surface area (Å²) < 4.78 is 0. The Bertz CT molecular complexity index is 359. The number of nitriles is 1. The predicted molar refractivity (Wildman–Crippen MR) is 76.9 cm³/mol. The van der Waals surface area contributed by atoms with E-state index < -0.39 is 0 Å². The first-order valence-electron chi connectivity index (χ1n) is 7.54. The normalized spacial score (nSPS) is 25.5. The quantitative estimate of drug-likeness (QED) is 0.664. The molecule has 0 radical (unpaired) electrons. The van der Waals surface area contributed by atoms with Crippen LogP contribution in [0, 0.1) is 11.3 Å². The molecule has 0 saturated carbocycles. The lowest BCUT2D eigenvalue weighted by Gasteiger charge is -2.34. The van der Waals surface area contributed by atoms with Gasteiger partial charge in [-0.2, -0.15) is 5.26 Å². The summed E-state index contributed by atoms with van der Waals surface area (Å²) >= 11 is 0. The van der Waals surface area contributed by atoms with E-state index in [-0.39, 0.29) is 5.91 Å². The Hall–Kier alpha value is -1.16. The molecule has 2 aliphatic rings. The van der Waals surface area contributed by atoms with Crippen molar-refractivity contribution in [1.29, 1.82) is 5.26 Å². The summed E-state index contributed by atoms with van der Waals surface area (Å²) in [6, 6.07) is 2.97. The van der Waals surface area contributed by atoms with Crippen molar-refractivity contribution in [3.05, 3.63) is 0 Å². The molecule has 2 rings (SSSR count). The summed E-state index contributed by atoms with van der Waals surface area (Å²) in [4.78, 5) is 16.4. The second-order valence-electron chi connectivity index (χ2n) is 5.81. The van der Waals surface area contributed by atoms with Crippen LogP contribution in [0.3, 0.4) is 0 Å². The number of nitrogens with two attached hydrogens (primary N) is 1. The van der Waals surface area contributed by atoms with E-state index in [0.717, 1.165) is 45.4 Å². The molecule has 20 heavy (non-hydrogen) atoms. The van der Waals surface area contributed by atoms with Crippen molar-refractivity contribution in [3.8, 4) is 6.07 Å². The van der Waals surface area contributed by atoms with Gasteiger partial charge in [0.15, 0.2) is 0 Å². The van der Waals surface area contributed by atoms with Crippen molar-refractivity contribution in [1.82, 2.24) is 15.1 Å². The molecule has 0 aromatic rings. The van der Waals surface area contributed by atoms with Gasteiger partial charge in [0.25, 0.3) is 0 Å². The Labute approximate surface area is 120 Å². The first-order chi connectivity index (χ1) is 9.69. The van der Waals surface area contributed by atoms with Crippen molar-refractivity contribution in [3.63, 3.8) is 0 Å². The molecule has 1 atom stereocenters. The van der Waals surface area contributed by atoms with Gasteiger partial charge in [0.05, 0.1) is 19.0 Å². The van der Waals surface area contributed by atoms with Gasteiger partial charge in [-0.25, -0.2) is 0 Å². The topological polar surface area (TPSA) is 85.4 Å². The lowest BCUT2D eigenvalue weighted by Crippen LogP contribution is -2.46. The molecule has 2 fully saturated rings. The van der Waals surface area contributed by atoms with Gasteiger partial charge in [-0.15, -0.1) is 0 Å². The number of rotatable bonds is 5. The van der Waals surface area contributed by atoms with Gasteiger partial charge < -0.3 is 11.1 Å². The Morgan fingerprint density at radius 3 is 2.75 bits per heavy atom. The summed E-state index contributed by atoms with van der Waals surface area (Å²) in [5.41, 5.74) is 5.93. The van der Waals surface area contributed by atoms with Crippen LogP contribution in [0.2, 0.25) is 0 Å². The highest BCUT2D eigenvalue weighted by Gasteiger charge is 2.30. The zero-order chi connectivity index (χ0) is 14.4. The molecule has 0 aromatic carbocycles. The number of hydrogen-bond acceptors (Lipinski definition) is 5. The summed E-state index contributed by atoms with van der Waals surface area (Å²) in [5.74, 6) is 0.0292. The average molecular weight is 279 g/mol. The molecule has 1 unspecified atom stereocenters. The van der Waals surface area contributed by atoms with E-state index in [0.29, 0.717) is 31.6 Å². The lowest BCUT2D eigenvalue weighted by molar-refractivity contribution is -0.122. The molecular formula is C14H25N5O. The molecule has 3 N–H and O–H groups in total. The third-order valence-electron chi connectivity index (χ3n) is 4.26. The number of nitrogens with zero attached hydrogens (tertiary/aromatic N) is 3. The molecule has 2 saturated heterocycles. The van der Waals surface area contributed by atoms with Gasteiger partial charge in [-0.1, -0.05) is 0 Å². The molecule has 112 valence electrons. The zero-order valence-electron chi connectivity index (χ0n) is 12.1. The second kappa shape index (κ2) is 7.58. The maximum atomic E-state index is 11.7. The van der Waals surface area contributed by atoms with Crippen molar-refractivity contribution in [2.75, 3.05) is 39.3 Å². The number of likely N-dealkylation sites (tertiary alicyclic amines) is 2. The molecular weight excluding hydrogens is 254 g/mol. The van der Waals surface area contributed by atoms with Crippen molar-refractivity contribution < 1.29 is 4.79 Å². The molecule has 1 amide bonds. The van der Waals surface area contributed by atoms with Crippen molar-refractivity contribution in [2.24, 2.45) is 5.73 Å². The molecule has 6 heteroatoms. The van der Waals surface area contributed by atoms with Crippen LogP contribution < -0.4 is 11.1 Å². The fourth-order valence-corrected chi connectivity index (χ4v) is 3.06. The number of nitrogens with one attached hydrogen (secondary N) is 1. The van der Waals surface area contributed by atoms with Crippen LogP contribution in [0.25, 0.3) is 0 Å². The van der Waals surface area contributed by atoms with Crippen LogP contribution in [-0.4, -0.2) is 67.1 Å². The van der Waals surface area contributed by atoms with Gasteiger partial charge in [0, 0.05) is 31.7 Å². The maximum absolute atomic E-state index is 11.7. The molecule has 6 nitrogen and oxygen atoms in total. The van der Waals surface area contributed by atoms with Gasteiger partial charge in [0.2, 0.25) is 5.91 Å². The van der Waals surface area contributed by atoms with E-state index in [2.05, 4.69) is 15.1 Å². The molecule has 0 aliphatic carbocycles. The highest BCUT2D eigenvalue weighted by atomic mass is 16.2. The number of hydrogen-bond donors (Lipinski definition) is 2. The van der Waals surface area contributed by atoms with E-state index >= 15 is 0 Å². The molecule has 0 spiro atoms. The van der Waals surface area contributed by atoms with E-state index in [1.807, 2.05) is 6.07 Å². The van der Waals surface area contributed by atoms with E-state index in [4.69, 9.17) is 11.0 Å². The fraction of sp³-hybridized carbons (Fsp3) is 0.857. The SMILES string of the molecule is N#CCCNC(=O)CN1CCC(N2CCC(N)CC2)C1. The second-order valence-corrected chi connectivity index (χ2v) is 5.81. The first-order valence-corrected chi connectivity index (χ1v) is 7.54. The fourth-order valence-electron chi connectivity index (χ4n) is 3.06. The Balaban J connectivity index is 1.67. The van der Waals surface area contributed by atoms with Crippen LogP contribution in [0.4, 0.5) is 0 Å². The number of piperidine rings is 1. The van der Waals surface area contributed by atoms with Gasteiger partial charge in [-0.05, 0) is 32.4 Å². The van der Waals surface area contributed by atoms with Crippen LogP contribution in [0.1, 0.15) is 25.7 Å². The van der Waals surface area contributed by atoms with Crippen molar-refractivity contribution >= 4 is 5.91 Å². The third-order valence-corrected chi connectivity index (χ3v) is 4.26. The minimum absolute atomic E-state index is 0.0292. The van der Waals surface area contributed by atoms with Crippen LogP contribution in [0.15, 0.2) is 0 Å². The van der Waals surface area contributed by atoms with Gasteiger partial charge in [-0.3, -0.25) is 14.6 Å². The summed E-state index contributed by atoms with van der Waals surface area (Å²) in [5, 5.41) is 11.2. The monoisotopic (exact) mass is 279 g/mol. The minimum atomic E-state index is 0.0292. The smallest absolute Gasteiger partial charge is 0.234 e. The zero-order valence-corrected chi connectivity index (χ0v) is 12.1. The van der Waals surface area contributed by atoms with E-state index in [1.54, 1.807) is 0 Å². The van der Waals surface area contributed by atoms with Gasteiger partial charge in [0.1, 0.15) is 0 Å². The van der Waals surface area contributed by atoms with Gasteiger partial charge >= 0.3 is 0 Å². The van der Waals surface area contributed by atoms with E-state index in [1.165, 1.54) is 0 Å². The highest BCUT2D eigenvalue weighted by molar-refractivity contribution is 5.78. The Kier molecular flexibility index (Phi) is 5.77. The van der Waals surface area contributed by atoms with Crippen LogP contribution in [-0.2, 0) is 4.79 Å². The molecule has 2 heterocycles. The highest BCUT2D eigenvalue weighted by Crippen LogP contribution is 2.19. The Morgan fingerprint density at radius 2 is 2.05 bits per heavy atom. The third kappa shape index (κ3) is 4.44. The summed E-state index contributed by atoms with van der Waals surface area (Å²) in [7, 11) is 0. The van der Waals surface area contributed by atoms with E-state index in [9.17, 15) is 4.79 Å². The number of carbonyl (C=O) groups excluding carboxylic acids is 1. The molecule has 0 bridgehead atoms. The first kappa shape index (κ1) is 15.2. The predicted octanol–water partition coefficient (Wildman–Crippen LogP) is -0.486. The molecule has 0 aromatic heterocycles. The van der Waals surface area contributed by atoms with Crippen LogP contribution in [0.5, 0.6) is 0 Å². The molecule has 2 aliphatic heterocycles. The minimum Gasteiger partial charge on any atom is -0.354 e. The largest absolute Gasteiger partial charge is 0.354 e. The standard InChI is InChI=1S/C14H25N5O/c15-5-1-6-17-14(20)11-18-7-4-13(10-18)19-8-2-12(16)3-9-19/h12-13H,1-4,6-11,16H2,(H,17,20). The van der Waals surface area contributed by atoms with Crippen molar-refractivity contribution in [2.45, 2.75) is 37.8 Å². The average Bonchev–Trinajstić information content (AvgIpc) is 2.88. The Morgan fingerprint density at radius 1 is 1.30 bits per heavy atom. The number of amides is 1. The summed E-state index contributed by atoms with van der Waals surface area (Å²) in [6.45, 7) is 5.05. The summed E-state index contributed by atoms with van der Waals surface area (Å²) in [6.07, 6.45) is 3.69. The van der Waals surface area contributed by atoms with Crippen LogP contribution >= 0.6 is 0 Å². The lowest BCUT2D eigenvalue weighted by atomic mass is 10.0. The maximum Gasteiger partial charge on any atom is 0.234 e. The number of carbonyl (C=O) groups is 1.